The van der Waals surface area contributed by atoms with Crippen molar-refractivity contribution >= 4 is 5.91 Å². The lowest BCUT2D eigenvalue weighted by atomic mass is 9.52. The molecule has 4 bridgehead atoms. The maximum Gasteiger partial charge on any atom is 0.237 e. The van der Waals surface area contributed by atoms with Gasteiger partial charge in [-0.05, 0) is 68.9 Å². The molecule has 5 aliphatic rings. The second-order valence-corrected chi connectivity index (χ2v) is 9.53. The van der Waals surface area contributed by atoms with Gasteiger partial charge in [-0.25, -0.2) is 4.39 Å². The van der Waals surface area contributed by atoms with Crippen molar-refractivity contribution in [1.29, 1.82) is 0 Å². The van der Waals surface area contributed by atoms with Gasteiger partial charge in [0.05, 0.1) is 11.6 Å². The van der Waals surface area contributed by atoms with Crippen LogP contribution in [0.15, 0.2) is 24.3 Å². The number of hydrogen-bond donors (Lipinski definition) is 2. The van der Waals surface area contributed by atoms with E-state index in [-0.39, 0.29) is 35.7 Å². The maximum atomic E-state index is 13.7. The molecule has 5 nitrogen and oxygen atoms in total. The first-order chi connectivity index (χ1) is 13.4. The molecule has 4 saturated carbocycles. The molecule has 2 N–H and O–H groups in total. The van der Waals surface area contributed by atoms with Crippen molar-refractivity contribution in [3.8, 4) is 5.75 Å². The lowest BCUT2D eigenvalue weighted by molar-refractivity contribution is -0.150. The van der Waals surface area contributed by atoms with Crippen molar-refractivity contribution in [3.63, 3.8) is 0 Å². The molecular weight excluding hydrogens is 359 g/mol. The van der Waals surface area contributed by atoms with Crippen LogP contribution >= 0.6 is 0 Å². The van der Waals surface area contributed by atoms with Crippen molar-refractivity contribution in [1.82, 2.24) is 10.2 Å². The van der Waals surface area contributed by atoms with Gasteiger partial charge in [-0.3, -0.25) is 9.69 Å². The molecule has 1 aromatic carbocycles. The molecule has 6 atom stereocenters. The van der Waals surface area contributed by atoms with Gasteiger partial charge in [0.1, 0.15) is 6.10 Å². The van der Waals surface area contributed by atoms with E-state index in [9.17, 15) is 14.3 Å². The van der Waals surface area contributed by atoms with Gasteiger partial charge in [0.25, 0.3) is 0 Å². The highest BCUT2D eigenvalue weighted by molar-refractivity contribution is 5.81. The number of amides is 1. The molecule has 0 radical (unpaired) electrons. The molecular formula is C22H29FN2O3. The molecule has 5 fully saturated rings. The summed E-state index contributed by atoms with van der Waals surface area (Å²) in [6.07, 6.45) is 4.82. The van der Waals surface area contributed by atoms with E-state index in [1.54, 1.807) is 18.2 Å². The third-order valence-electron chi connectivity index (χ3n) is 7.48. The van der Waals surface area contributed by atoms with E-state index in [1.165, 1.54) is 6.07 Å². The average molecular weight is 388 g/mol. The van der Waals surface area contributed by atoms with E-state index in [0.717, 1.165) is 32.1 Å². The van der Waals surface area contributed by atoms with Crippen molar-refractivity contribution in [2.75, 3.05) is 13.1 Å². The third-order valence-corrected chi connectivity index (χ3v) is 7.48. The molecule has 1 heterocycles. The highest BCUT2D eigenvalue weighted by atomic mass is 19.1. The summed E-state index contributed by atoms with van der Waals surface area (Å²) in [4.78, 5) is 14.9. The van der Waals surface area contributed by atoms with Crippen LogP contribution in [0.4, 0.5) is 4.39 Å². The van der Waals surface area contributed by atoms with Crippen LogP contribution in [0.25, 0.3) is 0 Å². The molecule has 1 aromatic rings. The van der Waals surface area contributed by atoms with Gasteiger partial charge < -0.3 is 15.2 Å². The zero-order chi connectivity index (χ0) is 19.5. The topological polar surface area (TPSA) is 61.8 Å². The molecule has 1 amide bonds. The summed E-state index contributed by atoms with van der Waals surface area (Å²) in [5.41, 5.74) is -0.474. The summed E-state index contributed by atoms with van der Waals surface area (Å²) in [7, 11) is 0. The number of halogens is 1. The second-order valence-electron chi connectivity index (χ2n) is 9.53. The Balaban J connectivity index is 1.14. The second kappa shape index (κ2) is 6.70. The zero-order valence-electron chi connectivity index (χ0n) is 16.3. The minimum absolute atomic E-state index is 0.0637. The van der Waals surface area contributed by atoms with Crippen LogP contribution in [0.3, 0.4) is 0 Å². The van der Waals surface area contributed by atoms with E-state index >= 15 is 0 Å². The van der Waals surface area contributed by atoms with E-state index in [4.69, 9.17) is 4.74 Å². The van der Waals surface area contributed by atoms with Crippen LogP contribution in [0.2, 0.25) is 0 Å². The van der Waals surface area contributed by atoms with Crippen LogP contribution < -0.4 is 10.1 Å². The van der Waals surface area contributed by atoms with Gasteiger partial charge in [-0.15, -0.1) is 0 Å². The molecule has 0 spiro atoms. The van der Waals surface area contributed by atoms with Crippen molar-refractivity contribution in [2.24, 2.45) is 17.8 Å². The van der Waals surface area contributed by atoms with E-state index in [2.05, 4.69) is 10.2 Å². The Hall–Kier alpha value is -1.66. The van der Waals surface area contributed by atoms with E-state index in [0.29, 0.717) is 30.8 Å². The Morgan fingerprint density at radius 1 is 1.25 bits per heavy atom. The van der Waals surface area contributed by atoms with Gasteiger partial charge in [-0.1, -0.05) is 12.1 Å². The summed E-state index contributed by atoms with van der Waals surface area (Å²) in [6.45, 7) is 3.18. The Bertz CT molecular complexity index is 750. The van der Waals surface area contributed by atoms with Crippen LogP contribution in [-0.2, 0) is 4.79 Å². The number of carbonyl (C=O) groups is 1. The SMILES string of the molecule is CC(C(=O)NC1[C@@H]2CC3C[C@H]1CC(O)(C3)C2)N1CC(Oc2ccccc2F)C1. The number of nitrogens with zero attached hydrogens (tertiary/aromatic N) is 1. The van der Waals surface area contributed by atoms with E-state index in [1.807, 2.05) is 6.92 Å². The number of rotatable bonds is 5. The van der Waals surface area contributed by atoms with Crippen molar-refractivity contribution < 1.29 is 19.0 Å². The number of carbonyl (C=O) groups excluding carboxylic acids is 1. The molecule has 1 aliphatic heterocycles. The lowest BCUT2D eigenvalue weighted by Gasteiger charge is -2.58. The largest absolute Gasteiger partial charge is 0.485 e. The van der Waals surface area contributed by atoms with Gasteiger partial charge in [0.2, 0.25) is 5.91 Å². The lowest BCUT2D eigenvalue weighted by Crippen LogP contribution is -2.65. The summed E-state index contributed by atoms with van der Waals surface area (Å²) in [5.74, 6) is 1.46. The highest BCUT2D eigenvalue weighted by Gasteiger charge is 2.55. The molecule has 6 rings (SSSR count). The van der Waals surface area contributed by atoms with Gasteiger partial charge in [-0.2, -0.15) is 0 Å². The Morgan fingerprint density at radius 2 is 1.93 bits per heavy atom. The first-order valence-electron chi connectivity index (χ1n) is 10.6. The standard InChI is InChI=1S/C22H29FN2O3/c1-13(25-11-17(12-25)28-19-5-3-2-4-18(19)23)21(26)24-20-15-6-14-7-16(20)10-22(27,8-14)9-15/h2-5,13-17,20,27H,6-12H2,1H3,(H,24,26)/t13?,14?,15-,16+,20?,22?. The number of para-hydroxylation sites is 1. The predicted octanol–water partition coefficient (Wildman–Crippen LogP) is 2.33. The first kappa shape index (κ1) is 18.4. The van der Waals surface area contributed by atoms with Gasteiger partial charge in [0.15, 0.2) is 11.6 Å². The molecule has 0 aromatic heterocycles. The fourth-order valence-corrected chi connectivity index (χ4v) is 6.25. The first-order valence-corrected chi connectivity index (χ1v) is 10.6. The highest BCUT2D eigenvalue weighted by Crippen LogP contribution is 2.55. The number of likely N-dealkylation sites (tertiary alicyclic amines) is 1. The maximum absolute atomic E-state index is 13.7. The monoisotopic (exact) mass is 388 g/mol. The molecule has 152 valence electrons. The van der Waals surface area contributed by atoms with Crippen LogP contribution in [0.5, 0.6) is 5.75 Å². The number of aliphatic hydroxyl groups is 1. The predicted molar refractivity (Wildman–Crippen MR) is 102 cm³/mol. The average Bonchev–Trinajstić information content (AvgIpc) is 2.60. The minimum atomic E-state index is -0.474. The van der Waals surface area contributed by atoms with Crippen LogP contribution in [-0.4, -0.2) is 52.8 Å². The fourth-order valence-electron chi connectivity index (χ4n) is 6.25. The Labute approximate surface area is 165 Å². The number of nitrogens with one attached hydrogen (secondary N) is 1. The van der Waals surface area contributed by atoms with Gasteiger partial charge >= 0.3 is 0 Å². The smallest absolute Gasteiger partial charge is 0.237 e. The van der Waals surface area contributed by atoms with Gasteiger partial charge in [0, 0.05) is 19.1 Å². The summed E-state index contributed by atoms with van der Waals surface area (Å²) >= 11 is 0. The summed E-state index contributed by atoms with van der Waals surface area (Å²) < 4.78 is 19.4. The molecule has 4 aliphatic carbocycles. The van der Waals surface area contributed by atoms with E-state index < -0.39 is 5.60 Å². The van der Waals surface area contributed by atoms with Crippen LogP contribution in [0.1, 0.15) is 39.0 Å². The quantitative estimate of drug-likeness (QED) is 0.813. The van der Waals surface area contributed by atoms with Crippen molar-refractivity contribution in [3.05, 3.63) is 30.1 Å². The minimum Gasteiger partial charge on any atom is -0.485 e. The third kappa shape index (κ3) is 3.20. The zero-order valence-corrected chi connectivity index (χ0v) is 16.3. The fraction of sp³-hybridized carbons (Fsp3) is 0.682. The normalized spacial score (nSPS) is 38.1. The van der Waals surface area contributed by atoms with Crippen molar-refractivity contribution in [2.45, 2.75) is 62.8 Å². The molecule has 6 heteroatoms. The molecule has 1 saturated heterocycles. The number of ether oxygens (including phenoxy) is 1. The molecule has 28 heavy (non-hydrogen) atoms. The number of benzene rings is 1. The van der Waals surface area contributed by atoms with Crippen LogP contribution in [0, 0.1) is 23.6 Å². The Morgan fingerprint density at radius 3 is 2.57 bits per heavy atom. The summed E-state index contributed by atoms with van der Waals surface area (Å²) in [6, 6.07) is 6.41. The number of hydrogen-bond acceptors (Lipinski definition) is 4. The Kier molecular flexibility index (Phi) is 4.40. The summed E-state index contributed by atoms with van der Waals surface area (Å²) in [5, 5.41) is 14.0. The molecule has 4 unspecified atom stereocenters.